The topological polar surface area (TPSA) is 156 Å². The van der Waals surface area contributed by atoms with E-state index in [0.29, 0.717) is 35.8 Å². The highest BCUT2D eigenvalue weighted by Gasteiger charge is 2.27. The van der Waals surface area contributed by atoms with Gasteiger partial charge in [-0.15, -0.1) is 0 Å². The van der Waals surface area contributed by atoms with Gasteiger partial charge in [0, 0.05) is 30.4 Å². The van der Waals surface area contributed by atoms with Gasteiger partial charge in [-0.05, 0) is 76.3 Å². The van der Waals surface area contributed by atoms with Crippen LogP contribution in [-0.4, -0.2) is 58.0 Å². The molecule has 1 atom stereocenters. The molecule has 0 aliphatic rings. The van der Waals surface area contributed by atoms with Crippen molar-refractivity contribution < 1.29 is 37.3 Å². The molecule has 0 heterocycles. The molecule has 0 aromatic heterocycles. The van der Waals surface area contributed by atoms with Gasteiger partial charge in [0.1, 0.15) is 12.4 Å². The number of methoxy groups -OCH3 is 2. The highest BCUT2D eigenvalue weighted by atomic mass is 32.2. The van der Waals surface area contributed by atoms with Gasteiger partial charge >= 0.3 is 12.2 Å². The molecule has 0 aliphatic heterocycles. The maximum absolute atomic E-state index is 13.7. The van der Waals surface area contributed by atoms with E-state index < -0.39 is 28.3 Å². The third-order valence-electron chi connectivity index (χ3n) is 9.67. The van der Waals surface area contributed by atoms with Crippen LogP contribution in [0.1, 0.15) is 39.8 Å². The summed E-state index contributed by atoms with van der Waals surface area (Å²) in [5.74, 6) is 0.0271. The Kier molecular flexibility index (Phi) is 14.3. The van der Waals surface area contributed by atoms with Gasteiger partial charge < -0.3 is 19.3 Å². The number of ether oxygens (including phenoxy) is 3. The summed E-state index contributed by atoms with van der Waals surface area (Å²) in [4.78, 5) is 26.2. The van der Waals surface area contributed by atoms with Crippen molar-refractivity contribution in [2.24, 2.45) is 0 Å². The van der Waals surface area contributed by atoms with E-state index in [9.17, 15) is 23.1 Å². The van der Waals surface area contributed by atoms with E-state index in [0.717, 1.165) is 22.3 Å². The van der Waals surface area contributed by atoms with Gasteiger partial charge in [-0.3, -0.25) is 20.3 Å². The maximum Gasteiger partial charge on any atom is 0.411 e. The van der Waals surface area contributed by atoms with Crippen molar-refractivity contribution in [2.75, 3.05) is 42.7 Å². The molecule has 0 bridgehead atoms. The van der Waals surface area contributed by atoms with Crippen LogP contribution in [0, 0.1) is 0 Å². The zero-order valence-corrected chi connectivity index (χ0v) is 33.5. The molecule has 304 valence electrons. The van der Waals surface area contributed by atoms with Gasteiger partial charge in [0.15, 0.2) is 0 Å². The largest absolute Gasteiger partial charge is 0.487 e. The van der Waals surface area contributed by atoms with E-state index in [1.54, 1.807) is 54.6 Å². The van der Waals surface area contributed by atoms with Crippen LogP contribution in [0.15, 0.2) is 163 Å². The minimum atomic E-state index is -4.03. The van der Waals surface area contributed by atoms with Crippen LogP contribution in [0.2, 0.25) is 0 Å². The Morgan fingerprint density at radius 1 is 0.644 bits per heavy atom. The molecule has 4 N–H and O–H groups in total. The van der Waals surface area contributed by atoms with Crippen molar-refractivity contribution in [1.29, 1.82) is 0 Å². The number of sulfonamides is 1. The number of anilines is 3. The Balaban J connectivity index is 1.41. The van der Waals surface area contributed by atoms with Crippen molar-refractivity contribution in [3.05, 3.63) is 186 Å². The molecular weight excluding hydrogens is 769 g/mol. The monoisotopic (exact) mass is 814 g/mol. The van der Waals surface area contributed by atoms with Gasteiger partial charge in [0.2, 0.25) is 0 Å². The van der Waals surface area contributed by atoms with E-state index in [1.165, 1.54) is 26.4 Å². The van der Waals surface area contributed by atoms with Crippen molar-refractivity contribution in [3.8, 4) is 5.75 Å². The summed E-state index contributed by atoms with van der Waals surface area (Å²) in [5.41, 5.74) is 5.68. The van der Waals surface area contributed by atoms with Gasteiger partial charge in [-0.1, -0.05) is 109 Å². The smallest absolute Gasteiger partial charge is 0.411 e. The number of benzene rings is 6. The first kappa shape index (κ1) is 41.9. The van der Waals surface area contributed by atoms with Crippen LogP contribution in [0.3, 0.4) is 0 Å². The fourth-order valence-electron chi connectivity index (χ4n) is 6.62. The van der Waals surface area contributed by atoms with Crippen LogP contribution in [-0.2, 0) is 32.6 Å². The summed E-state index contributed by atoms with van der Waals surface area (Å²) >= 11 is 0. The quantitative estimate of drug-likeness (QED) is 0.0707. The first-order chi connectivity index (χ1) is 28.6. The third kappa shape index (κ3) is 11.5. The van der Waals surface area contributed by atoms with Crippen LogP contribution in [0.4, 0.5) is 26.7 Å². The number of amides is 2. The van der Waals surface area contributed by atoms with Crippen LogP contribution < -0.4 is 20.1 Å². The summed E-state index contributed by atoms with van der Waals surface area (Å²) in [7, 11) is -1.44. The van der Waals surface area contributed by atoms with E-state index in [-0.39, 0.29) is 29.7 Å². The minimum Gasteiger partial charge on any atom is -0.487 e. The second-order valence-electron chi connectivity index (χ2n) is 13.6. The number of carbonyl (C=O) groups is 2. The fourth-order valence-corrected chi connectivity index (χ4v) is 7.71. The van der Waals surface area contributed by atoms with Crippen LogP contribution in [0.5, 0.6) is 5.75 Å². The second-order valence-corrected chi connectivity index (χ2v) is 15.3. The Bertz CT molecular complexity index is 2320. The van der Waals surface area contributed by atoms with E-state index in [2.05, 4.69) is 20.3 Å². The van der Waals surface area contributed by atoms with E-state index >= 15 is 0 Å². The summed E-state index contributed by atoms with van der Waals surface area (Å²) in [6.45, 7) is 0.695. The Morgan fingerprint density at radius 2 is 1.14 bits per heavy atom. The molecular formula is C46H46N4O8S. The summed E-state index contributed by atoms with van der Waals surface area (Å²) in [6, 6.07) is 47.0. The molecule has 13 heteroatoms. The molecule has 12 nitrogen and oxygen atoms in total. The minimum absolute atomic E-state index is 0.0901. The van der Waals surface area contributed by atoms with Gasteiger partial charge in [-0.2, -0.15) is 0 Å². The molecule has 0 saturated carbocycles. The van der Waals surface area contributed by atoms with E-state index in [1.807, 2.05) is 91.0 Å². The standard InChI is InChI=1S/C46H46N4O8S/c1-56-45(52)47-38-23-18-35(19-24-38)41(36-20-25-39(26-21-36)48-46(53)57-2)30-50(29-33-12-6-3-7-13-33)43(31-51)37-22-27-44(58-32-34-14-8-4-9-15-34)42(28-37)49-59(54,55)40-16-10-5-11-17-40/h3-28,41,43,49,51H,29-32H2,1-2H3,(H,47,52)(H,48,53)/t43-/m0/s1. The van der Waals surface area contributed by atoms with E-state index in [4.69, 9.17) is 14.2 Å². The average molecular weight is 815 g/mol. The first-order valence-electron chi connectivity index (χ1n) is 18.8. The molecule has 2 amide bonds. The number of nitrogens with one attached hydrogen (secondary N) is 3. The Morgan fingerprint density at radius 3 is 1.64 bits per heavy atom. The molecule has 0 saturated heterocycles. The summed E-state index contributed by atoms with van der Waals surface area (Å²) in [5, 5.41) is 16.7. The number of hydrogen-bond acceptors (Lipinski definition) is 9. The highest BCUT2D eigenvalue weighted by molar-refractivity contribution is 7.92. The zero-order valence-electron chi connectivity index (χ0n) is 32.7. The average Bonchev–Trinajstić information content (AvgIpc) is 3.27. The molecule has 6 rings (SSSR count). The van der Waals surface area contributed by atoms with Crippen molar-refractivity contribution in [3.63, 3.8) is 0 Å². The SMILES string of the molecule is COC(=O)Nc1ccc(C(CN(Cc2ccccc2)[C@@H](CO)c2ccc(OCc3ccccc3)c(NS(=O)(=O)c3ccccc3)c2)c2ccc(NC(=O)OC)cc2)cc1. The number of aliphatic hydroxyl groups is 1. The Hall–Kier alpha value is -6.67. The predicted molar refractivity (Wildman–Crippen MR) is 228 cm³/mol. The lowest BCUT2D eigenvalue weighted by Gasteiger charge is -2.35. The van der Waals surface area contributed by atoms with Crippen molar-refractivity contribution in [1.82, 2.24) is 4.90 Å². The van der Waals surface area contributed by atoms with Gasteiger partial charge in [-0.25, -0.2) is 18.0 Å². The zero-order chi connectivity index (χ0) is 41.6. The molecule has 0 fully saturated rings. The maximum atomic E-state index is 13.7. The number of rotatable bonds is 17. The molecule has 59 heavy (non-hydrogen) atoms. The lowest BCUT2D eigenvalue weighted by Crippen LogP contribution is -2.35. The summed E-state index contributed by atoms with van der Waals surface area (Å²) < 4.78 is 46.0. The molecule has 6 aromatic rings. The van der Waals surface area contributed by atoms with Crippen LogP contribution >= 0.6 is 0 Å². The second kappa shape index (κ2) is 20.1. The molecule has 6 aromatic carbocycles. The number of aliphatic hydroxyl groups excluding tert-OH is 1. The molecule has 0 radical (unpaired) electrons. The lowest BCUT2D eigenvalue weighted by atomic mass is 9.89. The summed E-state index contributed by atoms with van der Waals surface area (Å²) in [6.07, 6.45) is -1.19. The van der Waals surface area contributed by atoms with Crippen LogP contribution in [0.25, 0.3) is 0 Å². The first-order valence-corrected chi connectivity index (χ1v) is 20.3. The van der Waals surface area contributed by atoms with Gasteiger partial charge in [0.05, 0.1) is 37.5 Å². The third-order valence-corrected chi connectivity index (χ3v) is 11.1. The number of carbonyl (C=O) groups excluding carboxylic acids is 2. The van der Waals surface area contributed by atoms with Crippen molar-refractivity contribution in [2.45, 2.75) is 30.0 Å². The van der Waals surface area contributed by atoms with Gasteiger partial charge in [0.25, 0.3) is 10.0 Å². The normalized spacial score (nSPS) is 11.7. The fraction of sp³-hybridized carbons (Fsp3) is 0.174. The molecule has 0 aliphatic carbocycles. The predicted octanol–water partition coefficient (Wildman–Crippen LogP) is 8.79. The number of hydrogen-bond donors (Lipinski definition) is 4. The highest BCUT2D eigenvalue weighted by Crippen LogP contribution is 2.36. The molecule has 0 spiro atoms. The molecule has 0 unspecified atom stereocenters. The number of nitrogens with zero attached hydrogens (tertiary/aromatic N) is 1. The van der Waals surface area contributed by atoms with Crippen molar-refractivity contribution >= 4 is 39.3 Å². The lowest BCUT2D eigenvalue weighted by molar-refractivity contribution is 0.113. The Labute approximate surface area is 344 Å².